The lowest BCUT2D eigenvalue weighted by Crippen LogP contribution is -2.49. The number of fused-ring (bicyclic) bond motifs is 1. The molecule has 152 valence electrons. The van der Waals surface area contributed by atoms with Crippen molar-refractivity contribution in [3.63, 3.8) is 0 Å². The highest BCUT2D eigenvalue weighted by Gasteiger charge is 2.37. The van der Waals surface area contributed by atoms with Crippen molar-refractivity contribution < 1.29 is 22.3 Å². The van der Waals surface area contributed by atoms with Crippen LogP contribution in [-0.4, -0.2) is 43.2 Å². The van der Waals surface area contributed by atoms with E-state index in [2.05, 4.69) is 10.3 Å². The molecule has 7 nitrogen and oxygen atoms in total. The van der Waals surface area contributed by atoms with Gasteiger partial charge in [0.1, 0.15) is 5.82 Å². The molecule has 1 aliphatic heterocycles. The molecule has 4 rings (SSSR count). The van der Waals surface area contributed by atoms with Crippen LogP contribution in [0.4, 0.5) is 4.39 Å². The number of hydrogen-bond acceptors (Lipinski definition) is 5. The summed E-state index contributed by atoms with van der Waals surface area (Å²) < 4.78 is 44.9. The summed E-state index contributed by atoms with van der Waals surface area (Å²) in [6.07, 6.45) is 3.52. The van der Waals surface area contributed by atoms with Crippen molar-refractivity contribution in [2.24, 2.45) is 0 Å². The number of imidazole rings is 1. The van der Waals surface area contributed by atoms with Gasteiger partial charge in [0.25, 0.3) is 5.91 Å². The van der Waals surface area contributed by atoms with Gasteiger partial charge in [0.15, 0.2) is 5.69 Å². The van der Waals surface area contributed by atoms with Gasteiger partial charge >= 0.3 is 0 Å². The summed E-state index contributed by atoms with van der Waals surface area (Å²) in [5, 5.41) is 2.79. The van der Waals surface area contributed by atoms with Crippen LogP contribution in [0.2, 0.25) is 0 Å². The van der Waals surface area contributed by atoms with E-state index in [0.29, 0.717) is 37.1 Å². The van der Waals surface area contributed by atoms with Crippen LogP contribution in [0.25, 0.3) is 5.52 Å². The first-order chi connectivity index (χ1) is 13.8. The fraction of sp³-hybridized carbons (Fsp3) is 0.300. The number of aromatic nitrogens is 2. The highest BCUT2D eigenvalue weighted by Crippen LogP contribution is 2.33. The molecule has 0 atom stereocenters. The third kappa shape index (κ3) is 3.63. The molecular weight excluding hydrogens is 397 g/mol. The van der Waals surface area contributed by atoms with Crippen LogP contribution in [0, 0.1) is 5.82 Å². The first-order valence-electron chi connectivity index (χ1n) is 9.14. The maximum absolute atomic E-state index is 13.9. The van der Waals surface area contributed by atoms with Crippen molar-refractivity contribution in [2.75, 3.05) is 19.5 Å². The van der Waals surface area contributed by atoms with Gasteiger partial charge in [-0.3, -0.25) is 9.20 Å². The molecule has 3 heterocycles. The van der Waals surface area contributed by atoms with E-state index in [1.54, 1.807) is 36.5 Å². The van der Waals surface area contributed by atoms with Gasteiger partial charge in [0, 0.05) is 25.7 Å². The average Bonchev–Trinajstić information content (AvgIpc) is 3.09. The van der Waals surface area contributed by atoms with Gasteiger partial charge in [-0.25, -0.2) is 17.8 Å². The number of carbonyl (C=O) groups excluding carboxylic acids is 1. The van der Waals surface area contributed by atoms with E-state index in [1.165, 1.54) is 16.5 Å². The van der Waals surface area contributed by atoms with Crippen LogP contribution in [0.1, 0.15) is 28.9 Å². The number of hydrogen-bond donors (Lipinski definition) is 1. The van der Waals surface area contributed by atoms with Crippen LogP contribution in [0.5, 0.6) is 0 Å². The Hall–Kier alpha value is -2.78. The van der Waals surface area contributed by atoms with E-state index in [4.69, 9.17) is 4.74 Å². The minimum Gasteiger partial charge on any atom is -0.381 e. The zero-order valence-electron chi connectivity index (χ0n) is 15.8. The van der Waals surface area contributed by atoms with Gasteiger partial charge in [-0.1, -0.05) is 18.2 Å². The minimum absolute atomic E-state index is 0.00768. The number of nitrogens with one attached hydrogen (secondary N) is 1. The summed E-state index contributed by atoms with van der Waals surface area (Å²) >= 11 is 0. The molecule has 1 saturated heterocycles. The van der Waals surface area contributed by atoms with Crippen LogP contribution < -0.4 is 5.32 Å². The molecule has 1 aliphatic rings. The lowest BCUT2D eigenvalue weighted by Gasteiger charge is -2.38. The molecule has 1 amide bonds. The number of pyridine rings is 1. The maximum atomic E-state index is 13.9. The first-order valence-corrected chi connectivity index (χ1v) is 11.0. The molecule has 1 fully saturated rings. The molecule has 0 spiro atoms. The van der Waals surface area contributed by atoms with Crippen LogP contribution >= 0.6 is 0 Å². The van der Waals surface area contributed by atoms with Crippen LogP contribution in [-0.2, 0) is 20.1 Å². The van der Waals surface area contributed by atoms with Crippen LogP contribution in [0.3, 0.4) is 0 Å². The molecule has 29 heavy (non-hydrogen) atoms. The van der Waals surface area contributed by atoms with Gasteiger partial charge in [-0.15, -0.1) is 0 Å². The standard InChI is InChI=1S/C20H20FN3O4S/c1-29(26,27)19-22-17(16-7-2-3-10-24(16)19)18(25)23-20(8-11-28-12-9-20)14-5-4-6-15(21)13-14/h2-7,10,13H,8-9,11-12H2,1H3,(H,23,25). The van der Waals surface area contributed by atoms with Gasteiger partial charge in [0.2, 0.25) is 15.0 Å². The SMILES string of the molecule is CS(=O)(=O)c1nc(C(=O)NC2(c3cccc(F)c3)CCOCC2)c2ccccn12. The number of carbonyl (C=O) groups is 1. The molecule has 0 saturated carbocycles. The fourth-order valence-electron chi connectivity index (χ4n) is 3.71. The van der Waals surface area contributed by atoms with E-state index in [0.717, 1.165) is 6.26 Å². The zero-order valence-corrected chi connectivity index (χ0v) is 16.6. The number of benzene rings is 1. The molecule has 2 aromatic heterocycles. The topological polar surface area (TPSA) is 89.8 Å². The second-order valence-corrected chi connectivity index (χ2v) is 9.04. The van der Waals surface area contributed by atoms with E-state index < -0.39 is 27.1 Å². The zero-order chi connectivity index (χ0) is 20.6. The van der Waals surface area contributed by atoms with Crippen molar-refractivity contribution >= 4 is 21.3 Å². The predicted octanol–water partition coefficient (Wildman–Crippen LogP) is 2.31. The van der Waals surface area contributed by atoms with E-state index in [9.17, 15) is 17.6 Å². The van der Waals surface area contributed by atoms with E-state index in [1.807, 2.05) is 0 Å². The Bertz CT molecular complexity index is 1180. The molecule has 0 radical (unpaired) electrons. The lowest BCUT2D eigenvalue weighted by molar-refractivity contribution is 0.0343. The van der Waals surface area contributed by atoms with Crippen molar-refractivity contribution in [1.29, 1.82) is 0 Å². The molecule has 0 aliphatic carbocycles. The highest BCUT2D eigenvalue weighted by atomic mass is 32.2. The Balaban J connectivity index is 1.78. The average molecular weight is 417 g/mol. The Morgan fingerprint density at radius 3 is 2.66 bits per heavy atom. The second kappa shape index (κ2) is 7.23. The van der Waals surface area contributed by atoms with Crippen molar-refractivity contribution in [2.45, 2.75) is 23.5 Å². The number of halogens is 1. The first kappa shape index (κ1) is 19.5. The summed E-state index contributed by atoms with van der Waals surface area (Å²) in [6.45, 7) is 0.824. The number of amides is 1. The third-order valence-corrected chi connectivity index (χ3v) is 6.09. The van der Waals surface area contributed by atoms with Crippen molar-refractivity contribution in [3.05, 3.63) is 65.7 Å². The second-order valence-electron chi connectivity index (χ2n) is 7.13. The van der Waals surface area contributed by atoms with E-state index in [-0.39, 0.29) is 10.9 Å². The van der Waals surface area contributed by atoms with Gasteiger partial charge in [-0.05, 0) is 42.7 Å². The Kier molecular flexibility index (Phi) is 4.87. The normalized spacial score (nSPS) is 16.6. The summed E-state index contributed by atoms with van der Waals surface area (Å²) in [5.41, 5.74) is 0.203. The number of rotatable bonds is 4. The van der Waals surface area contributed by atoms with E-state index >= 15 is 0 Å². The fourth-order valence-corrected chi connectivity index (χ4v) is 4.48. The van der Waals surface area contributed by atoms with Crippen molar-refractivity contribution in [1.82, 2.24) is 14.7 Å². The summed E-state index contributed by atoms with van der Waals surface area (Å²) in [7, 11) is -3.65. The maximum Gasteiger partial charge on any atom is 0.272 e. The summed E-state index contributed by atoms with van der Waals surface area (Å²) in [5.74, 6) is -0.913. The largest absolute Gasteiger partial charge is 0.381 e. The highest BCUT2D eigenvalue weighted by molar-refractivity contribution is 7.90. The molecule has 3 aromatic rings. The third-order valence-electron chi connectivity index (χ3n) is 5.14. The molecule has 0 unspecified atom stereocenters. The van der Waals surface area contributed by atoms with Gasteiger partial charge in [-0.2, -0.15) is 0 Å². The Labute approximate surface area is 167 Å². The number of sulfone groups is 1. The Morgan fingerprint density at radius 2 is 1.97 bits per heavy atom. The monoisotopic (exact) mass is 417 g/mol. The van der Waals surface area contributed by atoms with Crippen molar-refractivity contribution in [3.8, 4) is 0 Å². The molecule has 9 heteroatoms. The minimum atomic E-state index is -3.65. The van der Waals surface area contributed by atoms with Gasteiger partial charge in [0.05, 0.1) is 11.1 Å². The predicted molar refractivity (Wildman–Crippen MR) is 104 cm³/mol. The molecule has 1 aromatic carbocycles. The summed E-state index contributed by atoms with van der Waals surface area (Å²) in [4.78, 5) is 17.3. The molecule has 1 N–H and O–H groups in total. The van der Waals surface area contributed by atoms with Gasteiger partial charge < -0.3 is 10.1 Å². The quantitative estimate of drug-likeness (QED) is 0.704. The smallest absolute Gasteiger partial charge is 0.272 e. The number of nitrogens with zero attached hydrogens (tertiary/aromatic N) is 2. The molecular formula is C20H20FN3O4S. The van der Waals surface area contributed by atoms with Crippen LogP contribution in [0.15, 0.2) is 53.8 Å². The Morgan fingerprint density at radius 1 is 1.21 bits per heavy atom. The summed E-state index contributed by atoms with van der Waals surface area (Å²) in [6, 6.07) is 11.1. The molecule has 0 bridgehead atoms. The lowest BCUT2D eigenvalue weighted by atomic mass is 9.82. The number of ether oxygens (including phenoxy) is 1.